The summed E-state index contributed by atoms with van der Waals surface area (Å²) in [4.78, 5) is 0.408. The van der Waals surface area contributed by atoms with Crippen LogP contribution >= 0.6 is 12.4 Å². The van der Waals surface area contributed by atoms with Gasteiger partial charge in [-0.2, -0.15) is 0 Å². The van der Waals surface area contributed by atoms with Crippen LogP contribution in [-0.2, 0) is 9.84 Å². The summed E-state index contributed by atoms with van der Waals surface area (Å²) >= 11 is 0. The van der Waals surface area contributed by atoms with E-state index >= 15 is 0 Å². The average Bonchev–Trinajstić information content (AvgIpc) is 2.30. The molecular weight excluding hydrogens is 270 g/mol. The van der Waals surface area contributed by atoms with Gasteiger partial charge in [-0.1, -0.05) is 30.5 Å². The number of hydrogen-bond acceptors (Lipinski definition) is 3. The molecule has 3 nitrogen and oxygen atoms in total. The van der Waals surface area contributed by atoms with Crippen LogP contribution in [0.2, 0.25) is 0 Å². The fourth-order valence-corrected chi connectivity index (χ4v) is 4.35. The van der Waals surface area contributed by atoms with Gasteiger partial charge in [0.25, 0.3) is 0 Å². The van der Waals surface area contributed by atoms with Crippen molar-refractivity contribution in [3.05, 3.63) is 29.8 Å². The first kappa shape index (κ1) is 15.5. The van der Waals surface area contributed by atoms with Crippen LogP contribution in [0.4, 0.5) is 0 Å². The Balaban J connectivity index is 0.00000162. The lowest BCUT2D eigenvalue weighted by Crippen LogP contribution is -2.42. The molecule has 5 heteroatoms. The Hall–Kier alpha value is -0.580. The number of halogens is 1. The van der Waals surface area contributed by atoms with Gasteiger partial charge in [0.15, 0.2) is 9.84 Å². The summed E-state index contributed by atoms with van der Waals surface area (Å²) in [6, 6.07) is 6.83. The van der Waals surface area contributed by atoms with Crippen molar-refractivity contribution in [2.75, 3.05) is 0 Å². The van der Waals surface area contributed by atoms with Gasteiger partial charge in [0.2, 0.25) is 0 Å². The van der Waals surface area contributed by atoms with Gasteiger partial charge in [-0.05, 0) is 31.9 Å². The number of sulfone groups is 1. The van der Waals surface area contributed by atoms with Crippen molar-refractivity contribution in [2.45, 2.75) is 48.8 Å². The SMILES string of the molecule is Cc1ccc(S(=O)(=O)C2CCCCC2N)cc1.Cl. The molecule has 0 aliphatic heterocycles. The van der Waals surface area contributed by atoms with Gasteiger partial charge in [-0.15, -0.1) is 12.4 Å². The zero-order chi connectivity index (χ0) is 12.5. The van der Waals surface area contributed by atoms with E-state index in [2.05, 4.69) is 0 Å². The molecular formula is C13H20ClNO2S. The van der Waals surface area contributed by atoms with E-state index in [1.54, 1.807) is 12.1 Å². The summed E-state index contributed by atoms with van der Waals surface area (Å²) in [5.41, 5.74) is 7.02. The molecule has 2 rings (SSSR count). The molecule has 2 atom stereocenters. The van der Waals surface area contributed by atoms with Crippen molar-refractivity contribution in [3.8, 4) is 0 Å². The molecule has 1 aromatic carbocycles. The molecule has 0 bridgehead atoms. The van der Waals surface area contributed by atoms with Crippen molar-refractivity contribution in [1.29, 1.82) is 0 Å². The summed E-state index contributed by atoms with van der Waals surface area (Å²) in [6.45, 7) is 1.95. The third kappa shape index (κ3) is 3.05. The van der Waals surface area contributed by atoms with Crippen LogP contribution in [0.5, 0.6) is 0 Å². The molecule has 1 aliphatic carbocycles. The minimum atomic E-state index is -3.25. The molecule has 2 unspecified atom stereocenters. The number of aryl methyl sites for hydroxylation is 1. The van der Waals surface area contributed by atoms with E-state index in [1.807, 2.05) is 19.1 Å². The standard InChI is InChI=1S/C13H19NO2S.ClH/c1-10-6-8-11(9-7-10)17(15,16)13-5-3-2-4-12(13)14;/h6-9,12-13H,2-5,14H2,1H3;1H. The summed E-state index contributed by atoms with van der Waals surface area (Å²) in [5, 5.41) is -0.404. The summed E-state index contributed by atoms with van der Waals surface area (Å²) in [5.74, 6) is 0. The second-order valence-electron chi connectivity index (χ2n) is 4.84. The lowest BCUT2D eigenvalue weighted by molar-refractivity contribution is 0.432. The fourth-order valence-electron chi connectivity index (χ4n) is 2.41. The van der Waals surface area contributed by atoms with Gasteiger partial charge in [0.05, 0.1) is 10.1 Å². The molecule has 1 fully saturated rings. The molecule has 1 aromatic rings. The van der Waals surface area contributed by atoms with E-state index in [4.69, 9.17) is 5.73 Å². The van der Waals surface area contributed by atoms with Crippen LogP contribution in [0.1, 0.15) is 31.2 Å². The number of benzene rings is 1. The van der Waals surface area contributed by atoms with E-state index in [0.717, 1.165) is 24.8 Å². The molecule has 0 amide bonds. The number of rotatable bonds is 2. The number of hydrogen-bond donors (Lipinski definition) is 1. The molecule has 0 saturated heterocycles. The zero-order valence-electron chi connectivity index (χ0n) is 10.5. The average molecular weight is 290 g/mol. The third-order valence-electron chi connectivity index (χ3n) is 3.50. The Kier molecular flexibility index (Phi) is 5.20. The van der Waals surface area contributed by atoms with Gasteiger partial charge in [-0.3, -0.25) is 0 Å². The predicted molar refractivity (Wildman–Crippen MR) is 75.8 cm³/mol. The minimum absolute atomic E-state index is 0. The molecule has 102 valence electrons. The maximum absolute atomic E-state index is 12.4. The Morgan fingerprint density at radius 3 is 2.22 bits per heavy atom. The quantitative estimate of drug-likeness (QED) is 0.910. The highest BCUT2D eigenvalue weighted by atomic mass is 35.5. The lowest BCUT2D eigenvalue weighted by Gasteiger charge is -2.28. The maximum atomic E-state index is 12.4. The minimum Gasteiger partial charge on any atom is -0.327 e. The highest BCUT2D eigenvalue weighted by molar-refractivity contribution is 7.92. The molecule has 1 saturated carbocycles. The van der Waals surface area contributed by atoms with Crippen LogP contribution in [0.3, 0.4) is 0 Å². The van der Waals surface area contributed by atoms with E-state index < -0.39 is 15.1 Å². The molecule has 18 heavy (non-hydrogen) atoms. The van der Waals surface area contributed by atoms with Crippen molar-refractivity contribution >= 4 is 22.2 Å². The van der Waals surface area contributed by atoms with Crippen LogP contribution in [0.15, 0.2) is 29.2 Å². The van der Waals surface area contributed by atoms with Crippen LogP contribution in [-0.4, -0.2) is 19.7 Å². The van der Waals surface area contributed by atoms with Gasteiger partial charge >= 0.3 is 0 Å². The van der Waals surface area contributed by atoms with Crippen molar-refractivity contribution in [1.82, 2.24) is 0 Å². The first-order valence-electron chi connectivity index (χ1n) is 6.08. The zero-order valence-corrected chi connectivity index (χ0v) is 12.1. The van der Waals surface area contributed by atoms with Gasteiger partial charge in [0, 0.05) is 6.04 Å². The summed E-state index contributed by atoms with van der Waals surface area (Å²) < 4.78 is 24.9. The van der Waals surface area contributed by atoms with E-state index in [1.165, 1.54) is 0 Å². The Labute approximate surface area is 115 Å². The van der Waals surface area contributed by atoms with E-state index in [0.29, 0.717) is 11.3 Å². The lowest BCUT2D eigenvalue weighted by atomic mass is 9.96. The van der Waals surface area contributed by atoms with Gasteiger partial charge in [-0.25, -0.2) is 8.42 Å². The van der Waals surface area contributed by atoms with Gasteiger partial charge in [0.1, 0.15) is 0 Å². The monoisotopic (exact) mass is 289 g/mol. The Morgan fingerprint density at radius 1 is 1.11 bits per heavy atom. The molecule has 0 radical (unpaired) electrons. The molecule has 0 heterocycles. The summed E-state index contributed by atoms with van der Waals surface area (Å²) in [6.07, 6.45) is 3.51. The largest absolute Gasteiger partial charge is 0.327 e. The van der Waals surface area contributed by atoms with Crippen LogP contribution < -0.4 is 5.73 Å². The van der Waals surface area contributed by atoms with E-state index in [9.17, 15) is 8.42 Å². The summed E-state index contributed by atoms with van der Waals surface area (Å²) in [7, 11) is -3.25. The maximum Gasteiger partial charge on any atom is 0.182 e. The topological polar surface area (TPSA) is 60.2 Å². The Bertz CT molecular complexity index is 484. The second-order valence-corrected chi connectivity index (χ2v) is 7.01. The number of nitrogens with two attached hydrogens (primary N) is 1. The van der Waals surface area contributed by atoms with Crippen molar-refractivity contribution in [3.63, 3.8) is 0 Å². The first-order valence-corrected chi connectivity index (χ1v) is 7.62. The smallest absolute Gasteiger partial charge is 0.182 e. The first-order chi connectivity index (χ1) is 8.01. The van der Waals surface area contributed by atoms with Crippen molar-refractivity contribution < 1.29 is 8.42 Å². The normalized spacial score (nSPS) is 24.3. The highest BCUT2D eigenvalue weighted by Crippen LogP contribution is 2.28. The van der Waals surface area contributed by atoms with Crippen LogP contribution in [0, 0.1) is 6.92 Å². The molecule has 2 N–H and O–H groups in total. The Morgan fingerprint density at radius 2 is 1.67 bits per heavy atom. The third-order valence-corrected chi connectivity index (χ3v) is 5.81. The second kappa shape index (κ2) is 6.04. The fraction of sp³-hybridized carbons (Fsp3) is 0.538. The van der Waals surface area contributed by atoms with Crippen molar-refractivity contribution in [2.24, 2.45) is 5.73 Å². The molecule has 0 aromatic heterocycles. The highest BCUT2D eigenvalue weighted by Gasteiger charge is 2.34. The predicted octanol–water partition coefficient (Wildman–Crippen LogP) is 2.46. The molecule has 1 aliphatic rings. The van der Waals surface area contributed by atoms with Crippen LogP contribution in [0.25, 0.3) is 0 Å². The van der Waals surface area contributed by atoms with Gasteiger partial charge < -0.3 is 5.73 Å². The van der Waals surface area contributed by atoms with E-state index in [-0.39, 0.29) is 18.4 Å². The molecule has 0 spiro atoms.